The van der Waals surface area contributed by atoms with Crippen LogP contribution in [0.3, 0.4) is 0 Å². The van der Waals surface area contributed by atoms with Gasteiger partial charge in [-0.05, 0) is 37.5 Å². The number of nitrogens with one attached hydrogen (secondary N) is 2. The maximum atomic E-state index is 12.8. The molecule has 0 spiro atoms. The molecule has 1 amide bonds. The monoisotopic (exact) mass is 309 g/mol. The molecule has 0 bridgehead atoms. The van der Waals surface area contributed by atoms with Crippen LogP contribution in [0.5, 0.6) is 0 Å². The van der Waals surface area contributed by atoms with Gasteiger partial charge in [0.25, 0.3) is 0 Å². The molecule has 23 heavy (non-hydrogen) atoms. The van der Waals surface area contributed by atoms with Gasteiger partial charge in [0.2, 0.25) is 5.91 Å². The molecule has 1 atom stereocenters. The fourth-order valence-corrected chi connectivity index (χ4v) is 2.95. The molecule has 2 heterocycles. The van der Waals surface area contributed by atoms with E-state index in [-0.39, 0.29) is 17.4 Å². The van der Waals surface area contributed by atoms with Gasteiger partial charge in [-0.15, -0.1) is 0 Å². The SMILES string of the molecule is Cc1ccc(C(C)NC(=O)C2(Cc3ccccc3)CNC2)cn1. The molecule has 3 rings (SSSR count). The molecule has 2 N–H and O–H groups in total. The van der Waals surface area contributed by atoms with Crippen molar-refractivity contribution in [1.29, 1.82) is 0 Å². The van der Waals surface area contributed by atoms with Crippen LogP contribution in [-0.4, -0.2) is 24.0 Å². The van der Waals surface area contributed by atoms with Crippen molar-refractivity contribution in [3.05, 3.63) is 65.5 Å². The molecular formula is C19H23N3O. The third kappa shape index (κ3) is 3.42. The molecule has 1 aromatic heterocycles. The molecule has 1 aliphatic heterocycles. The topological polar surface area (TPSA) is 54.0 Å². The molecule has 1 fully saturated rings. The van der Waals surface area contributed by atoms with Crippen LogP contribution < -0.4 is 10.6 Å². The number of rotatable bonds is 5. The first-order valence-electron chi connectivity index (χ1n) is 8.07. The molecule has 0 radical (unpaired) electrons. The molecule has 1 aliphatic rings. The number of aromatic nitrogens is 1. The van der Waals surface area contributed by atoms with Crippen LogP contribution in [0, 0.1) is 12.3 Å². The van der Waals surface area contributed by atoms with E-state index in [4.69, 9.17) is 0 Å². The Bertz CT molecular complexity index is 663. The minimum Gasteiger partial charge on any atom is -0.349 e. The summed E-state index contributed by atoms with van der Waals surface area (Å²) in [5.74, 6) is 0.119. The summed E-state index contributed by atoms with van der Waals surface area (Å²) in [6.45, 7) is 5.42. The van der Waals surface area contributed by atoms with E-state index in [0.717, 1.165) is 30.8 Å². The molecular weight excluding hydrogens is 286 g/mol. The number of carbonyl (C=O) groups excluding carboxylic acids is 1. The second-order valence-corrected chi connectivity index (χ2v) is 6.47. The third-order valence-electron chi connectivity index (χ3n) is 4.58. The lowest BCUT2D eigenvalue weighted by Gasteiger charge is -2.42. The number of amides is 1. The summed E-state index contributed by atoms with van der Waals surface area (Å²) in [7, 11) is 0. The van der Waals surface area contributed by atoms with Crippen LogP contribution in [0.25, 0.3) is 0 Å². The van der Waals surface area contributed by atoms with Crippen LogP contribution in [0.4, 0.5) is 0 Å². The predicted molar refractivity (Wildman–Crippen MR) is 91.0 cm³/mol. The summed E-state index contributed by atoms with van der Waals surface area (Å²) in [5, 5.41) is 6.41. The van der Waals surface area contributed by atoms with E-state index >= 15 is 0 Å². The van der Waals surface area contributed by atoms with Crippen LogP contribution in [0.1, 0.15) is 29.8 Å². The minimum absolute atomic E-state index is 0.0381. The van der Waals surface area contributed by atoms with E-state index < -0.39 is 0 Å². The Balaban J connectivity index is 1.69. The summed E-state index contributed by atoms with van der Waals surface area (Å²) < 4.78 is 0. The van der Waals surface area contributed by atoms with Gasteiger partial charge in [-0.2, -0.15) is 0 Å². The molecule has 1 unspecified atom stereocenters. The Hall–Kier alpha value is -2.20. The van der Waals surface area contributed by atoms with Gasteiger partial charge in [0, 0.05) is 25.0 Å². The van der Waals surface area contributed by atoms with E-state index in [1.807, 2.05) is 50.4 Å². The smallest absolute Gasteiger partial charge is 0.229 e. The Labute approximate surface area is 137 Å². The maximum Gasteiger partial charge on any atom is 0.229 e. The third-order valence-corrected chi connectivity index (χ3v) is 4.58. The summed E-state index contributed by atoms with van der Waals surface area (Å²) >= 11 is 0. The van der Waals surface area contributed by atoms with Gasteiger partial charge in [-0.3, -0.25) is 9.78 Å². The number of hydrogen-bond acceptors (Lipinski definition) is 3. The average Bonchev–Trinajstić information content (AvgIpc) is 2.52. The van der Waals surface area contributed by atoms with Crippen LogP contribution in [0.2, 0.25) is 0 Å². The lowest BCUT2D eigenvalue weighted by atomic mass is 9.75. The van der Waals surface area contributed by atoms with Gasteiger partial charge in [0.05, 0.1) is 11.5 Å². The zero-order chi connectivity index (χ0) is 16.3. The highest BCUT2D eigenvalue weighted by Gasteiger charge is 2.44. The van der Waals surface area contributed by atoms with Gasteiger partial charge < -0.3 is 10.6 Å². The Kier molecular flexibility index (Phi) is 4.44. The number of hydrogen-bond donors (Lipinski definition) is 2. The van der Waals surface area contributed by atoms with Crippen molar-refractivity contribution < 1.29 is 4.79 Å². The second kappa shape index (κ2) is 6.50. The van der Waals surface area contributed by atoms with Crippen LogP contribution in [0.15, 0.2) is 48.7 Å². The average molecular weight is 309 g/mol. The number of aryl methyl sites for hydroxylation is 1. The highest BCUT2D eigenvalue weighted by atomic mass is 16.2. The zero-order valence-corrected chi connectivity index (χ0v) is 13.7. The highest BCUT2D eigenvalue weighted by Crippen LogP contribution is 2.29. The largest absolute Gasteiger partial charge is 0.349 e. The maximum absolute atomic E-state index is 12.8. The highest BCUT2D eigenvalue weighted by molar-refractivity contribution is 5.85. The Morgan fingerprint density at radius 3 is 2.57 bits per heavy atom. The molecule has 2 aromatic rings. The molecule has 4 nitrogen and oxygen atoms in total. The predicted octanol–water partition coefficient (Wildman–Crippen LogP) is 2.40. The van der Waals surface area contributed by atoms with E-state index in [9.17, 15) is 4.79 Å². The first-order chi connectivity index (χ1) is 11.1. The van der Waals surface area contributed by atoms with Gasteiger partial charge in [-0.1, -0.05) is 36.4 Å². The number of pyridine rings is 1. The standard InChI is InChI=1S/C19H23N3O/c1-14-8-9-17(11-21-14)15(2)22-18(23)19(12-20-13-19)10-16-6-4-3-5-7-16/h3-9,11,15,20H,10,12-13H2,1-2H3,(H,22,23). The molecule has 1 aromatic carbocycles. The number of carbonyl (C=O) groups is 1. The van der Waals surface area contributed by atoms with Crippen molar-refractivity contribution in [2.24, 2.45) is 5.41 Å². The minimum atomic E-state index is -0.340. The van der Waals surface area contributed by atoms with Gasteiger partial charge in [0.15, 0.2) is 0 Å². The zero-order valence-electron chi connectivity index (χ0n) is 13.7. The van der Waals surface area contributed by atoms with E-state index in [2.05, 4.69) is 27.8 Å². The van der Waals surface area contributed by atoms with E-state index in [0.29, 0.717) is 0 Å². The Morgan fingerprint density at radius 1 is 1.26 bits per heavy atom. The fraction of sp³-hybridized carbons (Fsp3) is 0.368. The van der Waals surface area contributed by atoms with Crippen molar-refractivity contribution in [3.8, 4) is 0 Å². The number of nitrogens with zero attached hydrogens (tertiary/aromatic N) is 1. The van der Waals surface area contributed by atoms with Crippen molar-refractivity contribution in [2.45, 2.75) is 26.3 Å². The Morgan fingerprint density at radius 2 is 2.00 bits per heavy atom. The van der Waals surface area contributed by atoms with Crippen LogP contribution >= 0.6 is 0 Å². The molecule has 1 saturated heterocycles. The lowest BCUT2D eigenvalue weighted by Crippen LogP contribution is -2.62. The van der Waals surface area contributed by atoms with Crippen LogP contribution in [-0.2, 0) is 11.2 Å². The van der Waals surface area contributed by atoms with Crippen molar-refractivity contribution in [2.75, 3.05) is 13.1 Å². The normalized spacial score (nSPS) is 17.1. The quantitative estimate of drug-likeness (QED) is 0.892. The van der Waals surface area contributed by atoms with Crippen molar-refractivity contribution >= 4 is 5.91 Å². The number of benzene rings is 1. The molecule has 4 heteroatoms. The molecule has 0 saturated carbocycles. The molecule has 120 valence electrons. The van der Waals surface area contributed by atoms with E-state index in [1.165, 1.54) is 5.56 Å². The second-order valence-electron chi connectivity index (χ2n) is 6.47. The van der Waals surface area contributed by atoms with Gasteiger partial charge >= 0.3 is 0 Å². The summed E-state index contributed by atoms with van der Waals surface area (Å²) in [6, 6.07) is 14.2. The fourth-order valence-electron chi connectivity index (χ4n) is 2.95. The van der Waals surface area contributed by atoms with E-state index in [1.54, 1.807) is 0 Å². The van der Waals surface area contributed by atoms with Gasteiger partial charge in [-0.25, -0.2) is 0 Å². The summed E-state index contributed by atoms with van der Waals surface area (Å²) in [4.78, 5) is 17.1. The lowest BCUT2D eigenvalue weighted by molar-refractivity contribution is -0.134. The first kappa shape index (κ1) is 15.7. The summed E-state index contributed by atoms with van der Waals surface area (Å²) in [6.07, 6.45) is 2.61. The van der Waals surface area contributed by atoms with Gasteiger partial charge in [0.1, 0.15) is 0 Å². The molecule has 0 aliphatic carbocycles. The first-order valence-corrected chi connectivity index (χ1v) is 8.07. The van der Waals surface area contributed by atoms with Crippen molar-refractivity contribution in [3.63, 3.8) is 0 Å². The van der Waals surface area contributed by atoms with Crippen molar-refractivity contribution in [1.82, 2.24) is 15.6 Å². The summed E-state index contributed by atoms with van der Waals surface area (Å²) in [5.41, 5.74) is 2.88.